The minimum Gasteiger partial charge on any atom is -0.334 e. The topological polar surface area (TPSA) is 33.0 Å². The van der Waals surface area contributed by atoms with Crippen molar-refractivity contribution >= 4 is 5.69 Å². The zero-order valence-corrected chi connectivity index (χ0v) is 8.42. The van der Waals surface area contributed by atoms with Crippen molar-refractivity contribution in [2.45, 2.75) is 6.18 Å². The molecular weight excluding hydrogens is 231 g/mol. The second-order valence-electron chi connectivity index (χ2n) is 3.30. The van der Waals surface area contributed by atoms with Gasteiger partial charge in [-0.2, -0.15) is 13.2 Å². The van der Waals surface area contributed by atoms with Crippen LogP contribution in [0.1, 0.15) is 5.69 Å². The van der Waals surface area contributed by atoms with E-state index in [4.69, 9.17) is 6.57 Å². The van der Waals surface area contributed by atoms with E-state index in [2.05, 4.69) is 14.8 Å². The zero-order valence-electron chi connectivity index (χ0n) is 8.42. The van der Waals surface area contributed by atoms with Gasteiger partial charge >= 0.3 is 6.18 Å². The quantitative estimate of drug-likeness (QED) is 0.754. The van der Waals surface area contributed by atoms with Crippen molar-refractivity contribution in [1.29, 1.82) is 0 Å². The van der Waals surface area contributed by atoms with E-state index in [1.165, 1.54) is 12.1 Å². The van der Waals surface area contributed by atoms with E-state index in [9.17, 15) is 13.2 Å². The first-order valence-corrected chi connectivity index (χ1v) is 4.61. The van der Waals surface area contributed by atoms with Gasteiger partial charge in [0.2, 0.25) is 0 Å². The molecule has 3 nitrogen and oxygen atoms in total. The molecule has 1 N–H and O–H groups in total. The maximum atomic E-state index is 12.3. The van der Waals surface area contributed by atoms with Crippen LogP contribution in [0.4, 0.5) is 18.9 Å². The molecule has 0 spiro atoms. The molecule has 2 aromatic rings. The normalized spacial score (nSPS) is 11.2. The molecule has 6 heteroatoms. The van der Waals surface area contributed by atoms with Crippen molar-refractivity contribution < 1.29 is 13.2 Å². The van der Waals surface area contributed by atoms with E-state index < -0.39 is 11.9 Å². The molecule has 0 aliphatic rings. The summed E-state index contributed by atoms with van der Waals surface area (Å²) in [4.78, 5) is 9.04. The fourth-order valence-electron chi connectivity index (χ4n) is 1.31. The summed E-state index contributed by atoms with van der Waals surface area (Å²) in [6.07, 6.45) is -3.68. The molecule has 1 aromatic heterocycles. The number of halogens is 3. The molecule has 1 aromatic carbocycles. The summed E-state index contributed by atoms with van der Waals surface area (Å²) < 4.78 is 37.0. The fraction of sp³-hybridized carbons (Fsp3) is 0.0909. The summed E-state index contributed by atoms with van der Waals surface area (Å²) in [7, 11) is 0. The molecule has 0 bridgehead atoms. The van der Waals surface area contributed by atoms with Crippen LogP contribution < -0.4 is 0 Å². The van der Waals surface area contributed by atoms with Gasteiger partial charge < -0.3 is 4.98 Å². The summed E-state index contributed by atoms with van der Waals surface area (Å²) >= 11 is 0. The third-order valence-corrected chi connectivity index (χ3v) is 2.15. The lowest BCUT2D eigenvalue weighted by Crippen LogP contribution is -2.04. The molecule has 86 valence electrons. The van der Waals surface area contributed by atoms with Gasteiger partial charge in [0.1, 0.15) is 11.5 Å². The maximum Gasteiger partial charge on any atom is 0.432 e. The number of rotatable bonds is 1. The molecule has 0 saturated carbocycles. The monoisotopic (exact) mass is 237 g/mol. The Kier molecular flexibility index (Phi) is 2.60. The van der Waals surface area contributed by atoms with Crippen LogP contribution in [0.2, 0.25) is 0 Å². The molecule has 0 aliphatic carbocycles. The number of H-pyrrole nitrogens is 1. The maximum absolute atomic E-state index is 12.3. The lowest BCUT2D eigenvalue weighted by molar-refractivity contribution is -0.140. The fourth-order valence-corrected chi connectivity index (χ4v) is 1.31. The highest BCUT2D eigenvalue weighted by Crippen LogP contribution is 2.29. The van der Waals surface area contributed by atoms with Crippen LogP contribution >= 0.6 is 0 Å². The summed E-state index contributed by atoms with van der Waals surface area (Å²) in [6, 6.07) is 6.15. The third-order valence-electron chi connectivity index (χ3n) is 2.15. The van der Waals surface area contributed by atoms with Crippen LogP contribution in [-0.4, -0.2) is 9.97 Å². The van der Waals surface area contributed by atoms with Gasteiger partial charge in [-0.1, -0.05) is 24.3 Å². The van der Waals surface area contributed by atoms with Crippen molar-refractivity contribution in [2.75, 3.05) is 0 Å². The SMILES string of the molecule is [C-]#[N+]c1ccc(-c2ncc(C(F)(F)F)[nH]2)cc1. The summed E-state index contributed by atoms with van der Waals surface area (Å²) in [5.41, 5.74) is 0.0472. The minimum absolute atomic E-state index is 0.133. The van der Waals surface area contributed by atoms with E-state index in [1.54, 1.807) is 12.1 Å². The van der Waals surface area contributed by atoms with Crippen molar-refractivity contribution in [2.24, 2.45) is 0 Å². The number of hydrogen-bond acceptors (Lipinski definition) is 1. The van der Waals surface area contributed by atoms with Gasteiger partial charge in [0.15, 0.2) is 5.69 Å². The smallest absolute Gasteiger partial charge is 0.334 e. The van der Waals surface area contributed by atoms with Gasteiger partial charge in [0.25, 0.3) is 0 Å². The molecule has 0 amide bonds. The standard InChI is InChI=1S/C11H6F3N3/c1-15-8-4-2-7(3-5-8)10-16-6-9(17-10)11(12,13)14/h2-6H,(H,16,17). The van der Waals surface area contributed by atoms with Crippen LogP contribution in [0.3, 0.4) is 0 Å². The molecule has 0 saturated heterocycles. The average molecular weight is 237 g/mol. The van der Waals surface area contributed by atoms with Gasteiger partial charge in [-0.25, -0.2) is 9.83 Å². The second kappa shape index (κ2) is 3.94. The molecule has 2 rings (SSSR count). The van der Waals surface area contributed by atoms with Gasteiger partial charge in [-0.15, -0.1) is 0 Å². The molecule has 0 unspecified atom stereocenters. The Labute approximate surface area is 94.7 Å². The minimum atomic E-state index is -4.43. The lowest BCUT2D eigenvalue weighted by atomic mass is 10.2. The van der Waals surface area contributed by atoms with Gasteiger partial charge in [-0.3, -0.25) is 0 Å². The Morgan fingerprint density at radius 2 is 1.82 bits per heavy atom. The molecule has 0 radical (unpaired) electrons. The van der Waals surface area contributed by atoms with Gasteiger partial charge in [-0.05, 0) is 0 Å². The number of benzene rings is 1. The number of aromatic amines is 1. The highest BCUT2D eigenvalue weighted by atomic mass is 19.4. The van der Waals surface area contributed by atoms with Crippen LogP contribution in [0.5, 0.6) is 0 Å². The predicted molar refractivity (Wildman–Crippen MR) is 55.3 cm³/mol. The first-order valence-electron chi connectivity index (χ1n) is 4.61. The van der Waals surface area contributed by atoms with Crippen LogP contribution in [0.25, 0.3) is 16.2 Å². The molecule has 0 fully saturated rings. The summed E-state index contributed by atoms with van der Waals surface area (Å²) in [5.74, 6) is 0.133. The number of nitrogens with one attached hydrogen (secondary N) is 1. The van der Waals surface area contributed by atoms with Gasteiger partial charge in [0, 0.05) is 5.56 Å². The lowest BCUT2D eigenvalue weighted by Gasteiger charge is -2.01. The third kappa shape index (κ3) is 2.28. The zero-order chi connectivity index (χ0) is 12.5. The number of nitrogens with zero attached hydrogens (tertiary/aromatic N) is 2. The number of imidazole rings is 1. The Morgan fingerprint density at radius 3 is 2.29 bits per heavy atom. The second-order valence-corrected chi connectivity index (χ2v) is 3.30. The van der Waals surface area contributed by atoms with Crippen molar-refractivity contribution in [3.63, 3.8) is 0 Å². The molecule has 0 aliphatic heterocycles. The van der Waals surface area contributed by atoms with E-state index in [0.717, 1.165) is 6.20 Å². The molecule has 1 heterocycles. The van der Waals surface area contributed by atoms with Crippen LogP contribution in [0, 0.1) is 6.57 Å². The van der Waals surface area contributed by atoms with E-state index in [-0.39, 0.29) is 5.82 Å². The largest absolute Gasteiger partial charge is 0.432 e. The Balaban J connectivity index is 2.34. The van der Waals surface area contributed by atoms with Crippen molar-refractivity contribution in [3.05, 3.63) is 47.6 Å². The summed E-state index contributed by atoms with van der Waals surface area (Å²) in [5, 5.41) is 0. The highest BCUT2D eigenvalue weighted by Gasteiger charge is 2.32. The molecule has 17 heavy (non-hydrogen) atoms. The van der Waals surface area contributed by atoms with Gasteiger partial charge in [0.05, 0.1) is 12.8 Å². The Bertz CT molecular complexity index is 561. The summed E-state index contributed by atoms with van der Waals surface area (Å²) in [6.45, 7) is 6.76. The first-order chi connectivity index (χ1) is 8.00. The number of alkyl halides is 3. The first kappa shape index (κ1) is 11.2. The van der Waals surface area contributed by atoms with Crippen LogP contribution in [0.15, 0.2) is 30.5 Å². The van der Waals surface area contributed by atoms with Crippen molar-refractivity contribution in [1.82, 2.24) is 9.97 Å². The predicted octanol–water partition coefficient (Wildman–Crippen LogP) is 3.65. The van der Waals surface area contributed by atoms with E-state index in [1.807, 2.05) is 0 Å². The average Bonchev–Trinajstić information content (AvgIpc) is 2.78. The van der Waals surface area contributed by atoms with E-state index >= 15 is 0 Å². The number of hydrogen-bond donors (Lipinski definition) is 1. The highest BCUT2D eigenvalue weighted by molar-refractivity contribution is 5.60. The number of aromatic nitrogens is 2. The van der Waals surface area contributed by atoms with Crippen LogP contribution in [-0.2, 0) is 6.18 Å². The molecule has 0 atom stereocenters. The molecular formula is C11H6F3N3. The van der Waals surface area contributed by atoms with E-state index in [0.29, 0.717) is 11.3 Å². The Morgan fingerprint density at radius 1 is 1.18 bits per heavy atom. The Hall–Kier alpha value is -2.29. The van der Waals surface area contributed by atoms with Crippen molar-refractivity contribution in [3.8, 4) is 11.4 Å².